The summed E-state index contributed by atoms with van der Waals surface area (Å²) in [5.74, 6) is 0.701. The minimum atomic E-state index is -3.67. The number of piperidine rings is 1. The van der Waals surface area contributed by atoms with Gasteiger partial charge in [-0.05, 0) is 56.5 Å². The predicted molar refractivity (Wildman–Crippen MR) is 99.8 cm³/mol. The highest BCUT2D eigenvalue weighted by atomic mass is 32.2. The summed E-state index contributed by atoms with van der Waals surface area (Å²) < 4.78 is 27.5. The molecule has 9 heteroatoms. The van der Waals surface area contributed by atoms with Crippen molar-refractivity contribution in [2.75, 3.05) is 26.2 Å². The van der Waals surface area contributed by atoms with Crippen LogP contribution in [0.15, 0.2) is 32.7 Å². The molecule has 1 aromatic carbocycles. The molecule has 1 unspecified atom stereocenters. The van der Waals surface area contributed by atoms with Crippen LogP contribution < -0.4 is 15.8 Å². The summed E-state index contributed by atoms with van der Waals surface area (Å²) in [7, 11) is -3.67. The summed E-state index contributed by atoms with van der Waals surface area (Å²) in [6.07, 6.45) is 3.20. The Morgan fingerprint density at radius 1 is 1.19 bits per heavy atom. The van der Waals surface area contributed by atoms with E-state index in [0.29, 0.717) is 18.0 Å². The molecule has 0 amide bonds. The van der Waals surface area contributed by atoms with Crippen LogP contribution in [0.25, 0.3) is 11.0 Å². The third-order valence-electron chi connectivity index (χ3n) is 4.69. The number of rotatable bonds is 6. The van der Waals surface area contributed by atoms with E-state index >= 15 is 0 Å². The van der Waals surface area contributed by atoms with Crippen molar-refractivity contribution < 1.29 is 8.42 Å². The number of fused-ring (bicyclic) bond motifs is 1. The number of nitrogens with one attached hydrogen (secondary N) is 3. The Hall–Kier alpha value is -1.97. The van der Waals surface area contributed by atoms with Crippen LogP contribution in [0, 0.1) is 5.92 Å². The first kappa shape index (κ1) is 18.8. The van der Waals surface area contributed by atoms with Crippen molar-refractivity contribution >= 4 is 21.1 Å². The average molecular weight is 380 g/mol. The third-order valence-corrected chi connectivity index (χ3v) is 6.15. The van der Waals surface area contributed by atoms with Crippen molar-refractivity contribution in [2.24, 2.45) is 5.92 Å². The van der Waals surface area contributed by atoms with E-state index in [9.17, 15) is 18.0 Å². The molecule has 8 nitrogen and oxygen atoms in total. The summed E-state index contributed by atoms with van der Waals surface area (Å²) in [5, 5.41) is 0. The molecule has 3 rings (SSSR count). The summed E-state index contributed by atoms with van der Waals surface area (Å²) >= 11 is 0. The maximum Gasteiger partial charge on any atom is 0.314 e. The number of hydrogen-bond acceptors (Lipinski definition) is 5. The van der Waals surface area contributed by atoms with Gasteiger partial charge in [0.15, 0.2) is 0 Å². The molecule has 1 fully saturated rings. The predicted octanol–water partition coefficient (Wildman–Crippen LogP) is 0.617. The van der Waals surface area contributed by atoms with Gasteiger partial charge >= 0.3 is 11.1 Å². The topological polar surface area (TPSA) is 115 Å². The van der Waals surface area contributed by atoms with Gasteiger partial charge in [-0.2, -0.15) is 0 Å². The van der Waals surface area contributed by atoms with Crippen LogP contribution in [0.1, 0.15) is 26.2 Å². The molecule has 0 spiro atoms. The Bertz CT molecular complexity index is 996. The van der Waals surface area contributed by atoms with Crippen LogP contribution in [-0.4, -0.2) is 49.5 Å². The van der Waals surface area contributed by atoms with E-state index in [1.165, 1.54) is 31.0 Å². The molecule has 1 aromatic heterocycles. The number of hydrogen-bond donors (Lipinski definition) is 3. The number of aromatic amines is 2. The molecule has 0 saturated carbocycles. The second kappa shape index (κ2) is 7.73. The maximum absolute atomic E-state index is 12.4. The van der Waals surface area contributed by atoms with Crippen molar-refractivity contribution in [3.05, 3.63) is 38.9 Å². The van der Waals surface area contributed by atoms with Crippen molar-refractivity contribution in [2.45, 2.75) is 31.1 Å². The van der Waals surface area contributed by atoms with E-state index in [1.807, 2.05) is 0 Å². The van der Waals surface area contributed by atoms with Gasteiger partial charge in [0.2, 0.25) is 10.0 Å². The van der Waals surface area contributed by atoms with Gasteiger partial charge in [-0.15, -0.1) is 0 Å². The Labute approximate surface area is 151 Å². The minimum absolute atomic E-state index is 0.0549. The standard InChI is InChI=1S/C17H24N4O4S/c1-12-4-2-8-21(11-12)9-3-7-18-26(24,25)13-5-6-14-15(10-13)20-17(23)16(22)19-14/h5-6,10,12,18H,2-4,7-9,11H2,1H3,(H,19,22)(H,20,23). The fourth-order valence-corrected chi connectivity index (χ4v) is 4.44. The first-order valence-corrected chi connectivity index (χ1v) is 10.3. The van der Waals surface area contributed by atoms with Gasteiger partial charge in [0.25, 0.3) is 0 Å². The molecule has 1 aliphatic rings. The molecule has 0 radical (unpaired) electrons. The molecular weight excluding hydrogens is 356 g/mol. The molecule has 0 aliphatic carbocycles. The third kappa shape index (κ3) is 4.40. The molecule has 26 heavy (non-hydrogen) atoms. The van der Waals surface area contributed by atoms with Gasteiger partial charge in [0.05, 0.1) is 15.9 Å². The highest BCUT2D eigenvalue weighted by Gasteiger charge is 2.17. The quantitative estimate of drug-likeness (QED) is 0.502. The molecule has 0 bridgehead atoms. The lowest BCUT2D eigenvalue weighted by molar-refractivity contribution is 0.182. The Morgan fingerprint density at radius 3 is 2.65 bits per heavy atom. The Balaban J connectivity index is 1.62. The van der Waals surface area contributed by atoms with Gasteiger partial charge in [-0.1, -0.05) is 6.92 Å². The van der Waals surface area contributed by atoms with Gasteiger partial charge in [0, 0.05) is 13.1 Å². The molecule has 1 atom stereocenters. The monoisotopic (exact) mass is 380 g/mol. The number of nitrogens with zero attached hydrogens (tertiary/aromatic N) is 1. The molecule has 142 valence electrons. The fraction of sp³-hybridized carbons (Fsp3) is 0.529. The van der Waals surface area contributed by atoms with Crippen LogP contribution in [0.3, 0.4) is 0 Å². The smallest absolute Gasteiger partial charge is 0.314 e. The fourth-order valence-electron chi connectivity index (χ4n) is 3.34. The summed E-state index contributed by atoms with van der Waals surface area (Å²) in [4.78, 5) is 29.9. The van der Waals surface area contributed by atoms with E-state index in [0.717, 1.165) is 26.1 Å². The van der Waals surface area contributed by atoms with E-state index < -0.39 is 21.1 Å². The van der Waals surface area contributed by atoms with Crippen LogP contribution >= 0.6 is 0 Å². The lowest BCUT2D eigenvalue weighted by atomic mass is 10.0. The lowest BCUT2D eigenvalue weighted by Gasteiger charge is -2.30. The summed E-state index contributed by atoms with van der Waals surface area (Å²) in [6, 6.07) is 4.23. The Morgan fingerprint density at radius 2 is 1.92 bits per heavy atom. The highest BCUT2D eigenvalue weighted by molar-refractivity contribution is 7.89. The molecule has 3 N–H and O–H groups in total. The second-order valence-electron chi connectivity index (χ2n) is 6.91. The van der Waals surface area contributed by atoms with Gasteiger partial charge in [-0.25, -0.2) is 13.1 Å². The van der Waals surface area contributed by atoms with Crippen LogP contribution in [0.5, 0.6) is 0 Å². The zero-order chi connectivity index (χ0) is 18.7. The molecular formula is C17H24N4O4S. The number of sulfonamides is 1. The zero-order valence-electron chi connectivity index (χ0n) is 14.7. The lowest BCUT2D eigenvalue weighted by Crippen LogP contribution is -2.36. The molecule has 2 aromatic rings. The Kier molecular flexibility index (Phi) is 5.59. The van der Waals surface area contributed by atoms with E-state index in [2.05, 4.69) is 26.5 Å². The van der Waals surface area contributed by atoms with E-state index in [-0.39, 0.29) is 10.4 Å². The van der Waals surface area contributed by atoms with Crippen LogP contribution in [-0.2, 0) is 10.0 Å². The normalized spacial score (nSPS) is 19.0. The number of H-pyrrole nitrogens is 2. The molecule has 2 heterocycles. The summed E-state index contributed by atoms with van der Waals surface area (Å²) in [5.41, 5.74) is -0.915. The van der Waals surface area contributed by atoms with Crippen LogP contribution in [0.2, 0.25) is 0 Å². The largest absolute Gasteiger partial charge is 0.316 e. The number of benzene rings is 1. The SMILES string of the molecule is CC1CCCN(CCCNS(=O)(=O)c2ccc3[nH]c(=O)c(=O)[nH]c3c2)C1. The van der Waals surface area contributed by atoms with Gasteiger partial charge in [-0.3, -0.25) is 9.59 Å². The van der Waals surface area contributed by atoms with Crippen LogP contribution in [0.4, 0.5) is 0 Å². The number of likely N-dealkylation sites (tertiary alicyclic amines) is 1. The minimum Gasteiger partial charge on any atom is -0.316 e. The first-order valence-electron chi connectivity index (χ1n) is 8.83. The van der Waals surface area contributed by atoms with Crippen molar-refractivity contribution in [1.82, 2.24) is 19.6 Å². The number of aromatic nitrogens is 2. The first-order chi connectivity index (χ1) is 12.3. The summed E-state index contributed by atoms with van der Waals surface area (Å²) in [6.45, 7) is 5.62. The highest BCUT2D eigenvalue weighted by Crippen LogP contribution is 2.16. The van der Waals surface area contributed by atoms with Gasteiger partial charge < -0.3 is 14.9 Å². The molecule has 1 aliphatic heterocycles. The maximum atomic E-state index is 12.4. The van der Waals surface area contributed by atoms with Crippen molar-refractivity contribution in [3.8, 4) is 0 Å². The second-order valence-corrected chi connectivity index (χ2v) is 8.68. The zero-order valence-corrected chi connectivity index (χ0v) is 15.6. The van der Waals surface area contributed by atoms with Crippen molar-refractivity contribution in [1.29, 1.82) is 0 Å². The molecule has 1 saturated heterocycles. The van der Waals surface area contributed by atoms with Gasteiger partial charge in [0.1, 0.15) is 0 Å². The van der Waals surface area contributed by atoms with E-state index in [1.54, 1.807) is 0 Å². The average Bonchev–Trinajstić information content (AvgIpc) is 2.59. The van der Waals surface area contributed by atoms with E-state index in [4.69, 9.17) is 0 Å². The van der Waals surface area contributed by atoms with Crippen molar-refractivity contribution in [3.63, 3.8) is 0 Å².